The summed E-state index contributed by atoms with van der Waals surface area (Å²) in [5.41, 5.74) is 5.03. The lowest BCUT2D eigenvalue weighted by Gasteiger charge is -2.36. The molecular formula is C30H28N4O3. The third-order valence-corrected chi connectivity index (χ3v) is 7.32. The number of aromatic nitrogens is 1. The maximum absolute atomic E-state index is 13.5. The first-order valence-electron chi connectivity index (χ1n) is 12.5. The predicted molar refractivity (Wildman–Crippen MR) is 143 cm³/mol. The number of carbonyl (C=O) groups is 2. The molecule has 0 atom stereocenters. The highest BCUT2D eigenvalue weighted by molar-refractivity contribution is 6.23. The molecule has 0 unspecified atom stereocenters. The van der Waals surface area contributed by atoms with Crippen molar-refractivity contribution in [3.05, 3.63) is 101 Å². The zero-order chi connectivity index (χ0) is 25.4. The summed E-state index contributed by atoms with van der Waals surface area (Å²) >= 11 is 0. The molecule has 0 saturated carbocycles. The molecule has 37 heavy (non-hydrogen) atoms. The Hall–Kier alpha value is -4.23. The van der Waals surface area contributed by atoms with Gasteiger partial charge in [-0.1, -0.05) is 36.4 Å². The van der Waals surface area contributed by atoms with Crippen molar-refractivity contribution in [3.8, 4) is 5.75 Å². The predicted octanol–water partition coefficient (Wildman–Crippen LogP) is 4.36. The van der Waals surface area contributed by atoms with Gasteiger partial charge in [0, 0.05) is 44.3 Å². The van der Waals surface area contributed by atoms with E-state index < -0.39 is 0 Å². The molecule has 1 fully saturated rings. The fourth-order valence-corrected chi connectivity index (χ4v) is 5.33. The zero-order valence-corrected chi connectivity index (χ0v) is 20.8. The Labute approximate surface area is 215 Å². The van der Waals surface area contributed by atoms with Gasteiger partial charge in [0.2, 0.25) is 0 Å². The van der Waals surface area contributed by atoms with E-state index in [0.29, 0.717) is 11.1 Å². The number of methoxy groups -OCH3 is 1. The Morgan fingerprint density at radius 3 is 2.38 bits per heavy atom. The summed E-state index contributed by atoms with van der Waals surface area (Å²) in [7, 11) is 1.61. The van der Waals surface area contributed by atoms with Gasteiger partial charge in [0.25, 0.3) is 11.8 Å². The molecule has 7 heteroatoms. The van der Waals surface area contributed by atoms with Gasteiger partial charge in [-0.05, 0) is 47.5 Å². The van der Waals surface area contributed by atoms with Crippen LogP contribution in [0, 0.1) is 0 Å². The van der Waals surface area contributed by atoms with E-state index in [4.69, 9.17) is 4.74 Å². The molecule has 2 aliphatic heterocycles. The molecule has 0 radical (unpaired) electrons. The SMILES string of the molecule is COc1ccc(CN2C(=O)c3cccc(N4CCN(Cc5cccc6ncccc56)CC4)c3C2=O)cc1. The third-order valence-electron chi connectivity index (χ3n) is 7.32. The van der Waals surface area contributed by atoms with Gasteiger partial charge in [-0.2, -0.15) is 0 Å². The Kier molecular flexibility index (Phi) is 6.06. The minimum Gasteiger partial charge on any atom is -0.497 e. The molecule has 0 aliphatic carbocycles. The van der Waals surface area contributed by atoms with E-state index in [1.807, 2.05) is 54.7 Å². The quantitative estimate of drug-likeness (QED) is 0.373. The number of imide groups is 1. The second-order valence-electron chi connectivity index (χ2n) is 9.49. The van der Waals surface area contributed by atoms with E-state index in [0.717, 1.165) is 55.2 Å². The van der Waals surface area contributed by atoms with Crippen LogP contribution in [0.2, 0.25) is 0 Å². The first kappa shape index (κ1) is 23.2. The lowest BCUT2D eigenvalue weighted by molar-refractivity contribution is 0.0642. The van der Waals surface area contributed by atoms with Crippen LogP contribution >= 0.6 is 0 Å². The van der Waals surface area contributed by atoms with Gasteiger partial charge >= 0.3 is 0 Å². The average molecular weight is 493 g/mol. The van der Waals surface area contributed by atoms with E-state index in [1.165, 1.54) is 15.8 Å². The first-order valence-corrected chi connectivity index (χ1v) is 12.5. The second-order valence-corrected chi connectivity index (χ2v) is 9.49. The number of piperazine rings is 1. The standard InChI is InChI=1S/C30H28N4O3/c1-37-23-12-10-21(11-13-23)19-34-29(35)25-6-3-9-27(28(25)30(34)36)33-17-15-32(16-18-33)20-22-5-2-8-26-24(22)7-4-14-31-26/h2-14H,15-20H2,1H3. The van der Waals surface area contributed by atoms with Crippen LogP contribution in [0.25, 0.3) is 10.9 Å². The lowest BCUT2D eigenvalue weighted by Crippen LogP contribution is -2.46. The molecule has 3 heterocycles. The average Bonchev–Trinajstić information content (AvgIpc) is 3.19. The maximum Gasteiger partial charge on any atom is 0.263 e. The Bertz CT molecular complexity index is 1470. The number of pyridine rings is 1. The number of anilines is 1. The molecular weight excluding hydrogens is 464 g/mol. The minimum absolute atomic E-state index is 0.225. The third kappa shape index (κ3) is 4.32. The van der Waals surface area contributed by atoms with Crippen LogP contribution in [-0.4, -0.2) is 59.9 Å². The number of hydrogen-bond acceptors (Lipinski definition) is 6. The Morgan fingerprint density at radius 2 is 1.59 bits per heavy atom. The van der Waals surface area contributed by atoms with Gasteiger partial charge in [0.15, 0.2) is 0 Å². The number of amides is 2. The fraction of sp³-hybridized carbons (Fsp3) is 0.233. The van der Waals surface area contributed by atoms with Crippen molar-refractivity contribution in [2.24, 2.45) is 0 Å². The van der Waals surface area contributed by atoms with E-state index in [9.17, 15) is 9.59 Å². The molecule has 4 aromatic rings. The summed E-state index contributed by atoms with van der Waals surface area (Å²) in [6.07, 6.45) is 1.83. The van der Waals surface area contributed by atoms with Crippen molar-refractivity contribution in [2.45, 2.75) is 13.1 Å². The van der Waals surface area contributed by atoms with Gasteiger partial charge in [0.1, 0.15) is 5.75 Å². The lowest BCUT2D eigenvalue weighted by atomic mass is 10.1. The topological polar surface area (TPSA) is 66.0 Å². The van der Waals surface area contributed by atoms with Gasteiger partial charge < -0.3 is 9.64 Å². The highest BCUT2D eigenvalue weighted by atomic mass is 16.5. The fourth-order valence-electron chi connectivity index (χ4n) is 5.33. The van der Waals surface area contributed by atoms with Crippen molar-refractivity contribution in [1.82, 2.24) is 14.8 Å². The van der Waals surface area contributed by atoms with Gasteiger partial charge in [-0.15, -0.1) is 0 Å². The van der Waals surface area contributed by atoms with Gasteiger partial charge in [-0.3, -0.25) is 24.4 Å². The van der Waals surface area contributed by atoms with Crippen molar-refractivity contribution in [3.63, 3.8) is 0 Å². The molecule has 1 saturated heterocycles. The normalized spacial score (nSPS) is 15.9. The van der Waals surface area contributed by atoms with Crippen LogP contribution < -0.4 is 9.64 Å². The van der Waals surface area contributed by atoms with Gasteiger partial charge in [-0.25, -0.2) is 0 Å². The minimum atomic E-state index is -0.235. The second kappa shape index (κ2) is 9.67. The first-order chi connectivity index (χ1) is 18.1. The molecule has 0 N–H and O–H groups in total. The zero-order valence-electron chi connectivity index (χ0n) is 20.8. The van der Waals surface area contributed by atoms with Crippen molar-refractivity contribution < 1.29 is 14.3 Å². The van der Waals surface area contributed by atoms with Crippen LogP contribution in [0.1, 0.15) is 31.8 Å². The van der Waals surface area contributed by atoms with Crippen LogP contribution in [-0.2, 0) is 13.1 Å². The summed E-state index contributed by atoms with van der Waals surface area (Å²) in [6, 6.07) is 23.4. The van der Waals surface area contributed by atoms with Crippen molar-refractivity contribution >= 4 is 28.4 Å². The number of carbonyl (C=O) groups excluding carboxylic acids is 2. The molecule has 186 valence electrons. The molecule has 2 aliphatic rings. The monoisotopic (exact) mass is 492 g/mol. The van der Waals surface area contributed by atoms with Crippen LogP contribution in [0.4, 0.5) is 5.69 Å². The molecule has 0 bridgehead atoms. The summed E-state index contributed by atoms with van der Waals surface area (Å²) < 4.78 is 5.22. The molecule has 3 aromatic carbocycles. The number of ether oxygens (including phenoxy) is 1. The summed E-state index contributed by atoms with van der Waals surface area (Å²) in [4.78, 5) is 37.1. The van der Waals surface area contributed by atoms with Gasteiger partial charge in [0.05, 0.1) is 36.0 Å². The molecule has 2 amide bonds. The number of fused-ring (bicyclic) bond motifs is 2. The number of rotatable bonds is 6. The van der Waals surface area contributed by atoms with E-state index in [-0.39, 0.29) is 18.4 Å². The number of benzene rings is 3. The van der Waals surface area contributed by atoms with Crippen molar-refractivity contribution in [1.29, 1.82) is 0 Å². The Morgan fingerprint density at radius 1 is 0.811 bits per heavy atom. The largest absolute Gasteiger partial charge is 0.497 e. The smallest absolute Gasteiger partial charge is 0.263 e. The van der Waals surface area contributed by atoms with E-state index >= 15 is 0 Å². The molecule has 6 rings (SSSR count). The summed E-state index contributed by atoms with van der Waals surface area (Å²) in [5.74, 6) is 0.280. The van der Waals surface area contributed by atoms with Crippen molar-refractivity contribution in [2.75, 3.05) is 38.2 Å². The summed E-state index contributed by atoms with van der Waals surface area (Å²) in [6.45, 7) is 4.43. The molecule has 0 spiro atoms. The summed E-state index contributed by atoms with van der Waals surface area (Å²) in [5, 5.41) is 1.19. The molecule has 1 aromatic heterocycles. The van der Waals surface area contributed by atoms with Crippen LogP contribution in [0.5, 0.6) is 5.75 Å². The van der Waals surface area contributed by atoms with E-state index in [2.05, 4.69) is 33.0 Å². The highest BCUT2D eigenvalue weighted by Gasteiger charge is 2.38. The highest BCUT2D eigenvalue weighted by Crippen LogP contribution is 2.33. The molecule has 7 nitrogen and oxygen atoms in total. The number of nitrogens with zero attached hydrogens (tertiary/aromatic N) is 4. The Balaban J connectivity index is 1.17. The van der Waals surface area contributed by atoms with Crippen LogP contribution in [0.3, 0.4) is 0 Å². The van der Waals surface area contributed by atoms with E-state index in [1.54, 1.807) is 13.2 Å². The number of hydrogen-bond donors (Lipinski definition) is 0. The maximum atomic E-state index is 13.5. The van der Waals surface area contributed by atoms with Crippen LogP contribution in [0.15, 0.2) is 79.0 Å².